The van der Waals surface area contributed by atoms with Gasteiger partial charge in [0.2, 0.25) is 5.95 Å². The van der Waals surface area contributed by atoms with E-state index < -0.39 is 0 Å². The fourth-order valence-electron chi connectivity index (χ4n) is 1.63. The molecule has 1 aliphatic heterocycles. The highest BCUT2D eigenvalue weighted by Gasteiger charge is 2.15. The van der Waals surface area contributed by atoms with Gasteiger partial charge in [-0.25, -0.2) is 4.98 Å². The third-order valence-electron chi connectivity index (χ3n) is 2.49. The summed E-state index contributed by atoms with van der Waals surface area (Å²) in [5.41, 5.74) is 0. The van der Waals surface area contributed by atoms with E-state index in [9.17, 15) is 0 Å². The van der Waals surface area contributed by atoms with Crippen LogP contribution in [0.5, 0.6) is 0 Å². The molecule has 18 heavy (non-hydrogen) atoms. The van der Waals surface area contributed by atoms with E-state index in [0.717, 1.165) is 36.3 Å². The minimum absolute atomic E-state index is 0.305. The van der Waals surface area contributed by atoms with Crippen molar-refractivity contribution in [3.05, 3.63) is 10.7 Å². The van der Waals surface area contributed by atoms with Crippen LogP contribution in [0, 0.1) is 0 Å². The Balaban J connectivity index is 0.000000771. The van der Waals surface area contributed by atoms with Crippen LogP contribution < -0.4 is 10.6 Å². The lowest BCUT2D eigenvalue weighted by Crippen LogP contribution is -2.19. The molecule has 1 saturated heterocycles. The molecule has 6 heteroatoms. The van der Waals surface area contributed by atoms with Crippen molar-refractivity contribution in [3.8, 4) is 0 Å². The molecule has 1 aliphatic rings. The second kappa shape index (κ2) is 8.26. The number of halogens is 1. The van der Waals surface area contributed by atoms with Gasteiger partial charge in [0.15, 0.2) is 0 Å². The Hall–Kier alpha value is -0.880. The smallest absolute Gasteiger partial charge is 0.224 e. The fourth-order valence-corrected chi connectivity index (χ4v) is 1.96. The zero-order valence-corrected chi connectivity index (χ0v) is 12.7. The van der Waals surface area contributed by atoms with Gasteiger partial charge >= 0.3 is 0 Å². The Labute approximate surface area is 117 Å². The Morgan fingerprint density at radius 1 is 1.50 bits per heavy atom. The van der Waals surface area contributed by atoms with Crippen LogP contribution in [0.3, 0.4) is 0 Å². The largest absolute Gasteiger partial charge is 0.376 e. The summed E-state index contributed by atoms with van der Waals surface area (Å²) in [6, 6.07) is 0. The minimum Gasteiger partial charge on any atom is -0.376 e. The third kappa shape index (κ3) is 4.42. The zero-order chi connectivity index (χ0) is 13.4. The summed E-state index contributed by atoms with van der Waals surface area (Å²) >= 11 is 3.41. The summed E-state index contributed by atoms with van der Waals surface area (Å²) in [5, 5.41) is 6.17. The highest BCUT2D eigenvalue weighted by atomic mass is 79.9. The maximum atomic E-state index is 5.53. The predicted molar refractivity (Wildman–Crippen MR) is 78.1 cm³/mol. The van der Waals surface area contributed by atoms with Gasteiger partial charge < -0.3 is 15.4 Å². The molecule has 0 bridgehead atoms. The Morgan fingerprint density at radius 3 is 2.89 bits per heavy atom. The molecule has 0 spiro atoms. The lowest BCUT2D eigenvalue weighted by atomic mass is 10.2. The zero-order valence-electron chi connectivity index (χ0n) is 11.2. The third-order valence-corrected chi connectivity index (χ3v) is 3.07. The Morgan fingerprint density at radius 2 is 2.28 bits per heavy atom. The Bertz CT molecular complexity index is 356. The van der Waals surface area contributed by atoms with E-state index in [1.807, 2.05) is 13.8 Å². The molecule has 2 rings (SSSR count). The molecule has 1 aromatic heterocycles. The molecule has 1 unspecified atom stereocenters. The highest BCUT2D eigenvalue weighted by molar-refractivity contribution is 9.10. The van der Waals surface area contributed by atoms with Gasteiger partial charge in [-0.05, 0) is 28.8 Å². The summed E-state index contributed by atoms with van der Waals surface area (Å²) in [7, 11) is 1.80. The van der Waals surface area contributed by atoms with Crippen LogP contribution in [-0.2, 0) is 4.74 Å². The van der Waals surface area contributed by atoms with E-state index in [0.29, 0.717) is 12.1 Å². The van der Waals surface area contributed by atoms with Crippen molar-refractivity contribution in [2.75, 3.05) is 30.8 Å². The van der Waals surface area contributed by atoms with Crippen LogP contribution >= 0.6 is 15.9 Å². The van der Waals surface area contributed by atoms with E-state index in [1.165, 1.54) is 0 Å². The first kappa shape index (κ1) is 15.2. The van der Waals surface area contributed by atoms with Crippen molar-refractivity contribution in [1.82, 2.24) is 9.97 Å². The molecule has 0 saturated carbocycles. The number of anilines is 2. The number of nitrogens with zero attached hydrogens (tertiary/aromatic N) is 2. The molecule has 0 amide bonds. The van der Waals surface area contributed by atoms with Gasteiger partial charge in [-0.3, -0.25) is 0 Å². The van der Waals surface area contributed by atoms with Gasteiger partial charge in [0.1, 0.15) is 5.82 Å². The van der Waals surface area contributed by atoms with E-state index in [-0.39, 0.29) is 0 Å². The molecule has 1 fully saturated rings. The quantitative estimate of drug-likeness (QED) is 0.894. The molecular formula is C12H21BrN4O. The Kier molecular flexibility index (Phi) is 6.97. The molecule has 5 nitrogen and oxygen atoms in total. The molecule has 2 heterocycles. The maximum Gasteiger partial charge on any atom is 0.224 e. The number of ether oxygens (including phenoxy) is 1. The van der Waals surface area contributed by atoms with E-state index >= 15 is 0 Å². The van der Waals surface area contributed by atoms with Crippen molar-refractivity contribution in [1.29, 1.82) is 0 Å². The van der Waals surface area contributed by atoms with E-state index in [1.54, 1.807) is 13.2 Å². The first-order valence-electron chi connectivity index (χ1n) is 6.35. The average Bonchev–Trinajstić information content (AvgIpc) is 2.93. The van der Waals surface area contributed by atoms with Crippen molar-refractivity contribution in [3.63, 3.8) is 0 Å². The predicted octanol–water partition coefficient (Wildman–Crippen LogP) is 2.90. The van der Waals surface area contributed by atoms with Crippen molar-refractivity contribution in [2.24, 2.45) is 0 Å². The number of aromatic nitrogens is 2. The molecular weight excluding hydrogens is 296 g/mol. The van der Waals surface area contributed by atoms with Gasteiger partial charge in [0.25, 0.3) is 0 Å². The molecule has 2 N–H and O–H groups in total. The fraction of sp³-hybridized carbons (Fsp3) is 0.667. The summed E-state index contributed by atoms with van der Waals surface area (Å²) in [6.45, 7) is 5.66. The molecule has 0 radical (unpaired) electrons. The van der Waals surface area contributed by atoms with Gasteiger partial charge in [-0.2, -0.15) is 4.98 Å². The minimum atomic E-state index is 0.305. The average molecular weight is 317 g/mol. The normalized spacial score (nSPS) is 17.9. The van der Waals surface area contributed by atoms with E-state index in [2.05, 4.69) is 36.5 Å². The van der Waals surface area contributed by atoms with Crippen LogP contribution in [0.15, 0.2) is 10.7 Å². The number of hydrogen-bond donors (Lipinski definition) is 2. The lowest BCUT2D eigenvalue weighted by molar-refractivity contribution is 0.120. The van der Waals surface area contributed by atoms with Gasteiger partial charge in [0, 0.05) is 26.4 Å². The standard InChI is InChI=1S/C10H15BrN4O.C2H6/c1-12-10-14-6-8(11)9(15-10)13-5-7-3-2-4-16-7;1-2/h6-7H,2-5H2,1H3,(H2,12,13,14,15);1-2H3. The summed E-state index contributed by atoms with van der Waals surface area (Å²) in [6.07, 6.45) is 4.31. The molecule has 1 aromatic rings. The van der Waals surface area contributed by atoms with Crippen LogP contribution in [0.1, 0.15) is 26.7 Å². The number of rotatable bonds is 4. The summed E-state index contributed by atoms with van der Waals surface area (Å²) < 4.78 is 6.40. The van der Waals surface area contributed by atoms with Gasteiger partial charge in [0.05, 0.1) is 10.6 Å². The van der Waals surface area contributed by atoms with Crippen molar-refractivity contribution < 1.29 is 4.74 Å². The van der Waals surface area contributed by atoms with Crippen molar-refractivity contribution in [2.45, 2.75) is 32.8 Å². The topological polar surface area (TPSA) is 59.1 Å². The second-order valence-electron chi connectivity index (χ2n) is 3.66. The first-order valence-corrected chi connectivity index (χ1v) is 7.14. The van der Waals surface area contributed by atoms with Crippen LogP contribution in [0.2, 0.25) is 0 Å². The molecule has 1 atom stereocenters. The summed E-state index contributed by atoms with van der Waals surface area (Å²) in [5.74, 6) is 1.41. The van der Waals surface area contributed by atoms with E-state index in [4.69, 9.17) is 4.74 Å². The SMILES string of the molecule is CC.CNc1ncc(Br)c(NCC2CCCO2)n1. The summed E-state index contributed by atoms with van der Waals surface area (Å²) in [4.78, 5) is 8.41. The van der Waals surface area contributed by atoms with Crippen molar-refractivity contribution >= 4 is 27.7 Å². The molecule has 102 valence electrons. The number of hydrogen-bond acceptors (Lipinski definition) is 5. The van der Waals surface area contributed by atoms with Gasteiger partial charge in [-0.1, -0.05) is 13.8 Å². The van der Waals surface area contributed by atoms with Crippen LogP contribution in [0.25, 0.3) is 0 Å². The monoisotopic (exact) mass is 316 g/mol. The van der Waals surface area contributed by atoms with Gasteiger partial charge in [-0.15, -0.1) is 0 Å². The van der Waals surface area contributed by atoms with Crippen LogP contribution in [-0.4, -0.2) is 36.3 Å². The molecule has 0 aliphatic carbocycles. The maximum absolute atomic E-state index is 5.53. The number of nitrogens with one attached hydrogen (secondary N) is 2. The first-order chi connectivity index (χ1) is 8.79. The lowest BCUT2D eigenvalue weighted by Gasteiger charge is -2.12. The van der Waals surface area contributed by atoms with Crippen LogP contribution in [0.4, 0.5) is 11.8 Å². The highest BCUT2D eigenvalue weighted by Crippen LogP contribution is 2.21. The molecule has 0 aromatic carbocycles. The second-order valence-corrected chi connectivity index (χ2v) is 4.51.